The van der Waals surface area contributed by atoms with Crippen molar-refractivity contribution in [3.8, 4) is 17.2 Å². The minimum absolute atomic E-state index is 0.192. The van der Waals surface area contributed by atoms with Gasteiger partial charge in [-0.2, -0.15) is 0 Å². The average Bonchev–Trinajstić information content (AvgIpc) is 2.92. The molecule has 0 radical (unpaired) electrons. The quantitative estimate of drug-likeness (QED) is 0.818. The van der Waals surface area contributed by atoms with E-state index >= 15 is 0 Å². The summed E-state index contributed by atoms with van der Waals surface area (Å²) in [5.74, 6) is 2.08. The topological polar surface area (TPSA) is 68.8 Å². The third kappa shape index (κ3) is 3.84. The van der Waals surface area contributed by atoms with Crippen LogP contribution in [-0.2, 0) is 11.2 Å². The van der Waals surface area contributed by atoms with Crippen LogP contribution in [0.3, 0.4) is 0 Å². The van der Waals surface area contributed by atoms with Crippen LogP contribution in [-0.4, -0.2) is 32.8 Å². The standard InChI is InChI=1S/C21H22N2O4/c1-25-16-5-3-15(4-6-16)23-21(24)13-18-17-12-20-19(26-9-2-10-27-20)11-14(17)7-8-22-18/h3-6,11-13,22H,2,7-10H2,1H3,(H,23,24)/b18-13-. The molecule has 2 aromatic rings. The molecule has 4 rings (SSSR count). The van der Waals surface area contributed by atoms with Crippen LogP contribution in [0.25, 0.3) is 5.70 Å². The maximum Gasteiger partial charge on any atom is 0.250 e. The smallest absolute Gasteiger partial charge is 0.250 e. The van der Waals surface area contributed by atoms with Crippen molar-refractivity contribution in [2.24, 2.45) is 0 Å². The van der Waals surface area contributed by atoms with Crippen molar-refractivity contribution in [3.63, 3.8) is 0 Å². The molecule has 0 spiro atoms. The maximum absolute atomic E-state index is 12.5. The van der Waals surface area contributed by atoms with Crippen LogP contribution in [0, 0.1) is 0 Å². The van der Waals surface area contributed by atoms with Crippen molar-refractivity contribution in [3.05, 3.63) is 53.6 Å². The second kappa shape index (κ2) is 7.61. The van der Waals surface area contributed by atoms with Crippen molar-refractivity contribution in [2.45, 2.75) is 12.8 Å². The van der Waals surface area contributed by atoms with Crippen LogP contribution in [0.1, 0.15) is 17.5 Å². The molecule has 0 saturated heterocycles. The predicted molar refractivity (Wildman–Crippen MR) is 103 cm³/mol. The SMILES string of the molecule is COc1ccc(NC(=O)/C=C2\NCCc3cc4c(cc32)OCCCO4)cc1. The van der Waals surface area contributed by atoms with Crippen molar-refractivity contribution in [1.82, 2.24) is 5.32 Å². The number of fused-ring (bicyclic) bond motifs is 2. The van der Waals surface area contributed by atoms with Crippen LogP contribution in [0.5, 0.6) is 17.2 Å². The van der Waals surface area contributed by atoms with Gasteiger partial charge in [0.2, 0.25) is 5.91 Å². The summed E-state index contributed by atoms with van der Waals surface area (Å²) < 4.78 is 16.7. The van der Waals surface area contributed by atoms with E-state index in [0.29, 0.717) is 18.9 Å². The zero-order valence-corrected chi connectivity index (χ0v) is 15.2. The van der Waals surface area contributed by atoms with E-state index in [2.05, 4.69) is 10.6 Å². The summed E-state index contributed by atoms with van der Waals surface area (Å²) in [6.45, 7) is 2.07. The highest BCUT2D eigenvalue weighted by molar-refractivity contribution is 6.04. The van der Waals surface area contributed by atoms with Crippen molar-refractivity contribution >= 4 is 17.3 Å². The van der Waals surface area contributed by atoms with Crippen LogP contribution >= 0.6 is 0 Å². The number of anilines is 1. The van der Waals surface area contributed by atoms with Crippen LogP contribution in [0.2, 0.25) is 0 Å². The molecule has 2 aromatic carbocycles. The average molecular weight is 366 g/mol. The van der Waals surface area contributed by atoms with Gasteiger partial charge in [-0.1, -0.05) is 0 Å². The Kier molecular flexibility index (Phi) is 4.87. The van der Waals surface area contributed by atoms with Gasteiger partial charge in [-0.25, -0.2) is 0 Å². The Bertz CT molecular complexity index is 874. The number of carbonyl (C=O) groups excluding carboxylic acids is 1. The molecule has 6 nitrogen and oxygen atoms in total. The molecule has 2 N–H and O–H groups in total. The summed E-state index contributed by atoms with van der Waals surface area (Å²) in [6, 6.07) is 11.2. The van der Waals surface area contributed by atoms with Crippen LogP contribution in [0.15, 0.2) is 42.5 Å². The van der Waals surface area contributed by atoms with Crippen molar-refractivity contribution in [1.29, 1.82) is 0 Å². The van der Waals surface area contributed by atoms with E-state index in [1.54, 1.807) is 13.2 Å². The molecule has 0 aromatic heterocycles. The van der Waals surface area contributed by atoms with Gasteiger partial charge in [-0.15, -0.1) is 0 Å². The molecule has 140 valence electrons. The molecule has 0 atom stereocenters. The van der Waals surface area contributed by atoms with Gasteiger partial charge in [-0.3, -0.25) is 4.79 Å². The summed E-state index contributed by atoms with van der Waals surface area (Å²) >= 11 is 0. The number of methoxy groups -OCH3 is 1. The number of nitrogens with one attached hydrogen (secondary N) is 2. The highest BCUT2D eigenvalue weighted by Gasteiger charge is 2.20. The Balaban J connectivity index is 1.57. The lowest BCUT2D eigenvalue weighted by Gasteiger charge is -2.23. The summed E-state index contributed by atoms with van der Waals surface area (Å²) in [6.07, 6.45) is 3.33. The Hall–Kier alpha value is -3.15. The number of benzene rings is 2. The number of rotatable bonds is 3. The van der Waals surface area contributed by atoms with E-state index < -0.39 is 0 Å². The fraction of sp³-hybridized carbons (Fsp3) is 0.286. The lowest BCUT2D eigenvalue weighted by atomic mass is 9.96. The molecule has 0 aliphatic carbocycles. The van der Waals surface area contributed by atoms with Crippen LogP contribution < -0.4 is 24.8 Å². The first-order valence-electron chi connectivity index (χ1n) is 9.06. The third-order valence-corrected chi connectivity index (χ3v) is 4.61. The molecular formula is C21H22N2O4. The number of ether oxygens (including phenoxy) is 3. The minimum atomic E-state index is -0.192. The molecule has 2 heterocycles. The Morgan fingerprint density at radius 3 is 2.63 bits per heavy atom. The van der Waals surface area contributed by atoms with E-state index in [4.69, 9.17) is 14.2 Å². The van der Waals surface area contributed by atoms with Gasteiger partial charge in [0.25, 0.3) is 0 Å². The van der Waals surface area contributed by atoms with E-state index in [1.165, 1.54) is 0 Å². The zero-order valence-electron chi connectivity index (χ0n) is 15.2. The molecule has 27 heavy (non-hydrogen) atoms. The van der Waals surface area contributed by atoms with E-state index in [-0.39, 0.29) is 5.91 Å². The van der Waals surface area contributed by atoms with Gasteiger partial charge in [0.1, 0.15) is 5.75 Å². The highest BCUT2D eigenvalue weighted by atomic mass is 16.5. The summed E-state index contributed by atoms with van der Waals surface area (Å²) in [7, 11) is 1.61. The first-order chi connectivity index (χ1) is 13.2. The Labute approximate surface area is 158 Å². The van der Waals surface area contributed by atoms with Crippen molar-refractivity contribution in [2.75, 3.05) is 32.2 Å². The lowest BCUT2D eigenvalue weighted by molar-refractivity contribution is -0.111. The van der Waals surface area contributed by atoms with Gasteiger partial charge in [0.15, 0.2) is 11.5 Å². The second-order valence-electron chi connectivity index (χ2n) is 6.46. The summed E-state index contributed by atoms with van der Waals surface area (Å²) in [4.78, 5) is 12.5. The summed E-state index contributed by atoms with van der Waals surface area (Å²) in [5.41, 5.74) is 3.64. The number of amides is 1. The fourth-order valence-corrected chi connectivity index (χ4v) is 3.25. The third-order valence-electron chi connectivity index (χ3n) is 4.61. The first-order valence-corrected chi connectivity index (χ1v) is 9.06. The largest absolute Gasteiger partial charge is 0.497 e. The highest BCUT2D eigenvalue weighted by Crippen LogP contribution is 2.36. The summed E-state index contributed by atoms with van der Waals surface area (Å²) in [5, 5.41) is 6.19. The van der Waals surface area contributed by atoms with E-state index in [1.807, 2.05) is 36.4 Å². The maximum atomic E-state index is 12.5. The lowest BCUT2D eigenvalue weighted by Crippen LogP contribution is -2.24. The fourth-order valence-electron chi connectivity index (χ4n) is 3.25. The monoisotopic (exact) mass is 366 g/mol. The first kappa shape index (κ1) is 17.3. The molecule has 2 aliphatic heterocycles. The van der Waals surface area contributed by atoms with Crippen molar-refractivity contribution < 1.29 is 19.0 Å². The van der Waals surface area contributed by atoms with Gasteiger partial charge >= 0.3 is 0 Å². The number of hydrogen-bond donors (Lipinski definition) is 2. The van der Waals surface area contributed by atoms with Gasteiger partial charge in [-0.05, 0) is 48.4 Å². The second-order valence-corrected chi connectivity index (χ2v) is 6.46. The molecule has 0 bridgehead atoms. The minimum Gasteiger partial charge on any atom is -0.497 e. The number of hydrogen-bond acceptors (Lipinski definition) is 5. The molecule has 2 aliphatic rings. The molecule has 6 heteroatoms. The number of carbonyl (C=O) groups is 1. The normalized spacial score (nSPS) is 16.7. The van der Waals surface area contributed by atoms with E-state index in [0.717, 1.165) is 53.5 Å². The molecule has 0 fully saturated rings. The molecule has 0 saturated carbocycles. The Morgan fingerprint density at radius 1 is 1.15 bits per heavy atom. The Morgan fingerprint density at radius 2 is 1.89 bits per heavy atom. The zero-order chi connectivity index (χ0) is 18.6. The van der Waals surface area contributed by atoms with Crippen LogP contribution in [0.4, 0.5) is 5.69 Å². The molecule has 0 unspecified atom stereocenters. The van der Waals surface area contributed by atoms with Gasteiger partial charge < -0.3 is 24.8 Å². The molecule has 1 amide bonds. The molecular weight excluding hydrogens is 344 g/mol. The van der Waals surface area contributed by atoms with Gasteiger partial charge in [0.05, 0.1) is 20.3 Å². The predicted octanol–water partition coefficient (Wildman–Crippen LogP) is 2.98. The van der Waals surface area contributed by atoms with E-state index in [9.17, 15) is 4.79 Å². The van der Waals surface area contributed by atoms with Gasteiger partial charge in [0, 0.05) is 36.0 Å².